The summed E-state index contributed by atoms with van der Waals surface area (Å²) in [5, 5.41) is 21.7. The van der Waals surface area contributed by atoms with E-state index in [4.69, 9.17) is 13.9 Å². The Morgan fingerprint density at radius 3 is 2.52 bits per heavy atom. The van der Waals surface area contributed by atoms with Crippen LogP contribution in [0.15, 0.2) is 45.6 Å². The van der Waals surface area contributed by atoms with Crippen LogP contribution < -0.4 is 10.4 Å². The summed E-state index contributed by atoms with van der Waals surface area (Å²) >= 11 is 0. The van der Waals surface area contributed by atoms with E-state index in [1.54, 1.807) is 18.2 Å². The average molecular weight is 376 g/mol. The van der Waals surface area contributed by atoms with Crippen molar-refractivity contribution in [1.82, 2.24) is 0 Å². The van der Waals surface area contributed by atoms with E-state index in [9.17, 15) is 19.8 Å². The van der Waals surface area contributed by atoms with Gasteiger partial charge in [-0.2, -0.15) is 0 Å². The van der Waals surface area contributed by atoms with Crippen LogP contribution in [0.1, 0.15) is 31.9 Å². The predicted octanol–water partition coefficient (Wildman–Crippen LogP) is 2.34. The highest BCUT2D eigenvalue weighted by molar-refractivity contribution is 5.82. The van der Waals surface area contributed by atoms with Gasteiger partial charge in [0.15, 0.2) is 0 Å². The molecule has 0 aliphatic heterocycles. The minimum absolute atomic E-state index is 0.108. The largest absolute Gasteiger partial charge is 0.496 e. The summed E-state index contributed by atoms with van der Waals surface area (Å²) in [4.78, 5) is 23.3. The third-order valence-electron chi connectivity index (χ3n) is 4.01. The van der Waals surface area contributed by atoms with Gasteiger partial charge in [-0.1, -0.05) is 20.4 Å². The number of fused-ring (bicyclic) bond motifs is 1. The molecule has 0 unspecified atom stereocenters. The molecule has 0 bridgehead atoms. The minimum Gasteiger partial charge on any atom is -0.496 e. The Labute approximate surface area is 156 Å². The monoisotopic (exact) mass is 376 g/mol. The number of benzene rings is 1. The number of carbonyl (C=O) groups excluding carboxylic acids is 1. The zero-order valence-electron chi connectivity index (χ0n) is 15.6. The molecule has 0 saturated heterocycles. The molecular formula is C20H24O7. The van der Waals surface area contributed by atoms with Crippen molar-refractivity contribution in [3.63, 3.8) is 0 Å². The highest BCUT2D eigenvalue weighted by Crippen LogP contribution is 2.35. The molecule has 0 aliphatic carbocycles. The van der Waals surface area contributed by atoms with Crippen molar-refractivity contribution in [2.75, 3.05) is 13.7 Å². The van der Waals surface area contributed by atoms with Crippen LogP contribution in [-0.4, -0.2) is 36.0 Å². The summed E-state index contributed by atoms with van der Waals surface area (Å²) in [6.07, 6.45) is -2.71. The van der Waals surface area contributed by atoms with Gasteiger partial charge in [0.05, 0.1) is 12.7 Å². The van der Waals surface area contributed by atoms with E-state index in [2.05, 4.69) is 6.58 Å². The summed E-state index contributed by atoms with van der Waals surface area (Å²) in [6, 6.07) is 6.07. The van der Waals surface area contributed by atoms with Crippen LogP contribution >= 0.6 is 0 Å². The van der Waals surface area contributed by atoms with Crippen molar-refractivity contribution in [3.05, 3.63) is 52.4 Å². The van der Waals surface area contributed by atoms with Crippen molar-refractivity contribution in [2.45, 2.75) is 32.5 Å². The lowest BCUT2D eigenvalue weighted by Crippen LogP contribution is -2.24. The molecule has 146 valence electrons. The zero-order chi connectivity index (χ0) is 20.1. The van der Waals surface area contributed by atoms with Crippen LogP contribution in [-0.2, 0) is 9.53 Å². The van der Waals surface area contributed by atoms with Crippen LogP contribution in [0, 0.1) is 5.92 Å². The van der Waals surface area contributed by atoms with Gasteiger partial charge in [0.2, 0.25) is 0 Å². The first-order valence-corrected chi connectivity index (χ1v) is 8.54. The molecule has 0 saturated carbocycles. The van der Waals surface area contributed by atoms with Crippen molar-refractivity contribution >= 4 is 16.9 Å². The quantitative estimate of drug-likeness (QED) is 0.414. The minimum atomic E-state index is -1.49. The highest BCUT2D eigenvalue weighted by Gasteiger charge is 2.28. The molecule has 2 aromatic rings. The van der Waals surface area contributed by atoms with Gasteiger partial charge in [-0.15, -0.1) is 0 Å². The second-order valence-electron chi connectivity index (χ2n) is 6.66. The summed E-state index contributed by atoms with van der Waals surface area (Å²) in [6.45, 7) is 7.22. The molecule has 0 fully saturated rings. The number of aliphatic hydroxyl groups is 2. The number of hydrogen-bond acceptors (Lipinski definition) is 7. The molecule has 7 nitrogen and oxygen atoms in total. The Balaban J connectivity index is 2.26. The van der Waals surface area contributed by atoms with E-state index in [1.807, 2.05) is 13.8 Å². The fourth-order valence-corrected chi connectivity index (χ4v) is 2.63. The molecule has 1 aromatic carbocycles. The van der Waals surface area contributed by atoms with E-state index in [0.29, 0.717) is 5.39 Å². The fraction of sp³-hybridized carbons (Fsp3) is 0.400. The maximum Gasteiger partial charge on any atom is 0.336 e. The number of ether oxygens (including phenoxy) is 2. The van der Waals surface area contributed by atoms with Crippen LogP contribution in [0.5, 0.6) is 5.75 Å². The van der Waals surface area contributed by atoms with Crippen LogP contribution in [0.25, 0.3) is 11.0 Å². The standard InChI is InChI=1S/C20H24O7/c1-11(2)9-16(22)26-10-12(3)18(23)19(24)17-14(25-4)7-5-13-6-8-15(21)27-20(13)17/h5-8,11,18-19,23-24H,3,9-10H2,1-2,4H3/t18-,19-/m0/s1. The smallest absolute Gasteiger partial charge is 0.336 e. The van der Waals surface area contributed by atoms with Crippen LogP contribution in [0.2, 0.25) is 0 Å². The molecule has 0 spiro atoms. The average Bonchev–Trinajstić information content (AvgIpc) is 2.63. The number of aliphatic hydroxyl groups excluding tert-OH is 2. The van der Waals surface area contributed by atoms with Crippen LogP contribution in [0.3, 0.4) is 0 Å². The van der Waals surface area contributed by atoms with Gasteiger partial charge in [0.25, 0.3) is 0 Å². The van der Waals surface area contributed by atoms with E-state index >= 15 is 0 Å². The lowest BCUT2D eigenvalue weighted by atomic mass is 9.96. The molecule has 0 amide bonds. The third kappa shape index (κ3) is 4.96. The maximum atomic E-state index is 11.7. The molecule has 2 rings (SSSR count). The molecular weight excluding hydrogens is 352 g/mol. The normalized spacial score (nSPS) is 13.4. The SMILES string of the molecule is C=C(COC(=O)CC(C)C)[C@H](O)[C@@H](O)c1c(OC)ccc2ccc(=O)oc12. The lowest BCUT2D eigenvalue weighted by Gasteiger charge is -2.22. The second-order valence-corrected chi connectivity index (χ2v) is 6.66. The van der Waals surface area contributed by atoms with Gasteiger partial charge in [0, 0.05) is 17.9 Å². The number of carbonyl (C=O) groups is 1. The predicted molar refractivity (Wildman–Crippen MR) is 99.6 cm³/mol. The van der Waals surface area contributed by atoms with Gasteiger partial charge >= 0.3 is 11.6 Å². The Kier molecular flexibility index (Phi) is 6.76. The molecule has 1 heterocycles. The first-order chi connectivity index (χ1) is 12.7. The van der Waals surface area contributed by atoms with Crippen molar-refractivity contribution < 1.29 is 28.9 Å². The van der Waals surface area contributed by atoms with Gasteiger partial charge in [-0.25, -0.2) is 4.79 Å². The first kappa shape index (κ1) is 20.7. The Hall–Kier alpha value is -2.64. The first-order valence-electron chi connectivity index (χ1n) is 8.54. The number of methoxy groups -OCH3 is 1. The molecule has 0 aliphatic rings. The number of hydrogen-bond donors (Lipinski definition) is 2. The lowest BCUT2D eigenvalue weighted by molar-refractivity contribution is -0.143. The Morgan fingerprint density at radius 1 is 1.22 bits per heavy atom. The number of esters is 1. The summed E-state index contributed by atoms with van der Waals surface area (Å²) < 4.78 is 15.5. The van der Waals surface area contributed by atoms with Crippen molar-refractivity contribution in [1.29, 1.82) is 0 Å². The van der Waals surface area contributed by atoms with Crippen LogP contribution in [0.4, 0.5) is 0 Å². The van der Waals surface area contributed by atoms with E-state index in [0.717, 1.165) is 0 Å². The summed E-state index contributed by atoms with van der Waals surface area (Å²) in [5.41, 5.74) is -0.259. The zero-order valence-corrected chi connectivity index (χ0v) is 15.6. The van der Waals surface area contributed by atoms with Gasteiger partial charge in [-0.3, -0.25) is 4.79 Å². The molecule has 2 N–H and O–H groups in total. The summed E-state index contributed by atoms with van der Waals surface area (Å²) in [7, 11) is 1.40. The van der Waals surface area contributed by atoms with Crippen molar-refractivity contribution in [2.24, 2.45) is 5.92 Å². The molecule has 7 heteroatoms. The maximum absolute atomic E-state index is 11.7. The second kappa shape index (κ2) is 8.83. The number of rotatable bonds is 8. The molecule has 27 heavy (non-hydrogen) atoms. The van der Waals surface area contributed by atoms with Crippen molar-refractivity contribution in [3.8, 4) is 5.75 Å². The van der Waals surface area contributed by atoms with Gasteiger partial charge in [-0.05, 0) is 29.7 Å². The van der Waals surface area contributed by atoms with E-state index < -0.39 is 23.8 Å². The summed E-state index contributed by atoms with van der Waals surface area (Å²) in [5.74, 6) is -0.0290. The van der Waals surface area contributed by atoms with Gasteiger partial charge < -0.3 is 24.1 Å². The molecule has 2 atom stereocenters. The molecule has 0 radical (unpaired) electrons. The highest BCUT2D eigenvalue weighted by atomic mass is 16.5. The van der Waals surface area contributed by atoms with Gasteiger partial charge in [0.1, 0.15) is 30.1 Å². The molecule has 1 aromatic heterocycles. The topological polar surface area (TPSA) is 106 Å². The fourth-order valence-electron chi connectivity index (χ4n) is 2.63. The Bertz CT molecular complexity index is 882. The third-order valence-corrected chi connectivity index (χ3v) is 4.01. The Morgan fingerprint density at radius 2 is 1.89 bits per heavy atom. The van der Waals surface area contributed by atoms with E-state index in [1.165, 1.54) is 13.2 Å². The van der Waals surface area contributed by atoms with E-state index in [-0.39, 0.29) is 41.4 Å².